The topological polar surface area (TPSA) is 99.0 Å². The van der Waals surface area contributed by atoms with E-state index in [1.54, 1.807) is 35.2 Å². The minimum Gasteiger partial charge on any atom is -0.324 e. The molecule has 0 bridgehead atoms. The number of carbonyl (C=O) groups excluding carboxylic acids is 2. The highest BCUT2D eigenvalue weighted by Gasteiger charge is 2.27. The fourth-order valence-corrected chi connectivity index (χ4v) is 3.54. The minimum atomic E-state index is -0.668. The van der Waals surface area contributed by atoms with Crippen LogP contribution in [-0.4, -0.2) is 28.3 Å². The molecule has 0 atom stereocenters. The number of nitrogens with one attached hydrogen (secondary N) is 1. The van der Waals surface area contributed by atoms with Crippen LogP contribution >= 0.6 is 0 Å². The van der Waals surface area contributed by atoms with Crippen LogP contribution in [0.1, 0.15) is 30.9 Å². The second-order valence-corrected chi connectivity index (χ2v) is 8.03. The smallest absolute Gasteiger partial charge is 0.229 e. The monoisotopic (exact) mass is 443 g/mol. The quantitative estimate of drug-likeness (QED) is 0.555. The van der Waals surface area contributed by atoms with Crippen LogP contribution in [0.15, 0.2) is 54.9 Å². The van der Waals surface area contributed by atoms with Crippen molar-refractivity contribution in [3.8, 4) is 17.3 Å². The average molecular weight is 443 g/mol. The third kappa shape index (κ3) is 5.39. The van der Waals surface area contributed by atoms with E-state index in [1.165, 1.54) is 25.4 Å². The van der Waals surface area contributed by atoms with Crippen LogP contribution in [-0.2, 0) is 16.0 Å². The van der Waals surface area contributed by atoms with Gasteiger partial charge in [-0.3, -0.25) is 14.6 Å². The first-order valence-corrected chi connectivity index (χ1v) is 10.6. The summed E-state index contributed by atoms with van der Waals surface area (Å²) in [6.07, 6.45) is 4.90. The lowest BCUT2D eigenvalue weighted by Gasteiger charge is -2.22. The molecular formula is C25H22FN5O2. The zero-order chi connectivity index (χ0) is 23.4. The summed E-state index contributed by atoms with van der Waals surface area (Å²) >= 11 is 0. The Morgan fingerprint density at radius 2 is 2.03 bits per heavy atom. The van der Waals surface area contributed by atoms with Crippen LogP contribution in [0, 0.1) is 23.2 Å². The molecule has 1 fully saturated rings. The zero-order valence-electron chi connectivity index (χ0n) is 18.1. The summed E-state index contributed by atoms with van der Waals surface area (Å²) in [6.45, 7) is 2.13. The van der Waals surface area contributed by atoms with Gasteiger partial charge in [-0.25, -0.2) is 4.98 Å². The Labute approximate surface area is 190 Å². The van der Waals surface area contributed by atoms with Crippen LogP contribution in [0.25, 0.3) is 11.3 Å². The van der Waals surface area contributed by atoms with E-state index in [0.717, 1.165) is 18.4 Å². The van der Waals surface area contributed by atoms with Gasteiger partial charge in [0.15, 0.2) is 0 Å². The maximum Gasteiger partial charge on any atom is 0.229 e. The number of pyridine rings is 2. The third-order valence-electron chi connectivity index (χ3n) is 5.46. The Balaban J connectivity index is 1.48. The summed E-state index contributed by atoms with van der Waals surface area (Å²) in [7, 11) is 0. The number of hydrogen-bond donors (Lipinski definition) is 1. The van der Waals surface area contributed by atoms with Gasteiger partial charge in [-0.05, 0) is 49.1 Å². The fraction of sp³-hybridized carbons (Fsp3) is 0.240. The normalized spacial score (nSPS) is 12.6. The van der Waals surface area contributed by atoms with Gasteiger partial charge in [0.2, 0.25) is 17.8 Å². The number of rotatable bonds is 7. The summed E-state index contributed by atoms with van der Waals surface area (Å²) in [6, 6.07) is 14.0. The molecule has 2 heterocycles. The third-order valence-corrected chi connectivity index (χ3v) is 5.46. The molecule has 2 amide bonds. The average Bonchev–Trinajstić information content (AvgIpc) is 3.63. The van der Waals surface area contributed by atoms with E-state index < -0.39 is 5.95 Å². The van der Waals surface area contributed by atoms with Crippen molar-refractivity contribution in [2.45, 2.75) is 26.2 Å². The molecule has 166 valence electrons. The molecule has 0 radical (unpaired) electrons. The number of anilines is 2. The molecule has 33 heavy (non-hydrogen) atoms. The van der Waals surface area contributed by atoms with Crippen molar-refractivity contribution in [2.75, 3.05) is 16.8 Å². The summed E-state index contributed by atoms with van der Waals surface area (Å²) < 4.78 is 13.6. The second kappa shape index (κ2) is 9.57. The number of benzene rings is 1. The molecule has 3 aromatic rings. The molecule has 0 spiro atoms. The molecule has 7 nitrogen and oxygen atoms in total. The lowest BCUT2D eigenvalue weighted by molar-refractivity contribution is -0.117. The first-order chi connectivity index (χ1) is 15.9. The van der Waals surface area contributed by atoms with Gasteiger partial charge in [0, 0.05) is 30.8 Å². The molecule has 4 rings (SSSR count). The second-order valence-electron chi connectivity index (χ2n) is 8.03. The van der Waals surface area contributed by atoms with Gasteiger partial charge >= 0.3 is 0 Å². The minimum absolute atomic E-state index is 0.0875. The summed E-state index contributed by atoms with van der Waals surface area (Å²) in [5.74, 6) is -0.638. The SMILES string of the molecule is CC(=O)N(CC1CC1)c1ccc(-c2ccc(NC(=O)Cc3cccnc3F)cn2)cc1C#N. The number of aromatic nitrogens is 2. The molecule has 1 saturated carbocycles. The number of hydrogen-bond acceptors (Lipinski definition) is 5. The molecule has 0 aliphatic heterocycles. The van der Waals surface area contributed by atoms with Crippen molar-refractivity contribution in [3.63, 3.8) is 0 Å². The van der Waals surface area contributed by atoms with Crippen molar-refractivity contribution in [1.29, 1.82) is 5.26 Å². The van der Waals surface area contributed by atoms with E-state index in [9.17, 15) is 19.2 Å². The lowest BCUT2D eigenvalue weighted by atomic mass is 10.0. The fourth-order valence-electron chi connectivity index (χ4n) is 3.54. The summed E-state index contributed by atoms with van der Waals surface area (Å²) in [4.78, 5) is 33.9. The lowest BCUT2D eigenvalue weighted by Crippen LogP contribution is -2.31. The molecule has 1 aromatic carbocycles. The van der Waals surface area contributed by atoms with Crippen LogP contribution in [0.3, 0.4) is 0 Å². The van der Waals surface area contributed by atoms with Crippen LogP contribution in [0.2, 0.25) is 0 Å². The van der Waals surface area contributed by atoms with Crippen molar-refractivity contribution in [1.82, 2.24) is 9.97 Å². The van der Waals surface area contributed by atoms with Crippen LogP contribution in [0.4, 0.5) is 15.8 Å². The predicted octanol–water partition coefficient (Wildman–Crippen LogP) is 4.10. The Kier molecular flexibility index (Phi) is 6.41. The molecule has 1 aliphatic carbocycles. The van der Waals surface area contributed by atoms with Gasteiger partial charge < -0.3 is 10.2 Å². The Hall–Kier alpha value is -4.12. The van der Waals surface area contributed by atoms with E-state index in [4.69, 9.17) is 0 Å². The highest BCUT2D eigenvalue weighted by molar-refractivity contribution is 5.94. The molecule has 8 heteroatoms. The van der Waals surface area contributed by atoms with Crippen LogP contribution < -0.4 is 10.2 Å². The number of amides is 2. The maximum atomic E-state index is 13.6. The van der Waals surface area contributed by atoms with E-state index >= 15 is 0 Å². The standard InChI is InChI=1S/C25H22FN5O2/c1-16(32)31(15-17-4-5-17)23-9-6-18(11-20(23)13-27)22-8-7-21(14-29-22)30-24(33)12-19-3-2-10-28-25(19)26/h2-3,6-11,14,17H,4-5,12,15H2,1H3,(H,30,33). The molecule has 1 N–H and O–H groups in total. The van der Waals surface area contributed by atoms with Gasteiger partial charge in [0.1, 0.15) is 6.07 Å². The largest absolute Gasteiger partial charge is 0.324 e. The summed E-state index contributed by atoms with van der Waals surface area (Å²) in [5, 5.41) is 12.4. The van der Waals surface area contributed by atoms with E-state index in [2.05, 4.69) is 21.4 Å². The van der Waals surface area contributed by atoms with Gasteiger partial charge in [-0.1, -0.05) is 12.1 Å². The summed E-state index contributed by atoms with van der Waals surface area (Å²) in [5.41, 5.74) is 3.03. The van der Waals surface area contributed by atoms with E-state index in [-0.39, 0.29) is 23.8 Å². The zero-order valence-corrected chi connectivity index (χ0v) is 18.1. The highest BCUT2D eigenvalue weighted by atomic mass is 19.1. The van der Waals surface area contributed by atoms with Gasteiger partial charge in [-0.2, -0.15) is 9.65 Å². The van der Waals surface area contributed by atoms with Gasteiger partial charge in [0.25, 0.3) is 0 Å². The molecular weight excluding hydrogens is 421 g/mol. The van der Waals surface area contributed by atoms with Crippen molar-refractivity contribution in [3.05, 3.63) is 71.9 Å². The number of nitrogens with zero attached hydrogens (tertiary/aromatic N) is 4. The molecule has 2 aromatic heterocycles. The number of nitriles is 1. The highest BCUT2D eigenvalue weighted by Crippen LogP contribution is 2.33. The number of halogens is 1. The Morgan fingerprint density at radius 3 is 2.67 bits per heavy atom. The molecule has 0 unspecified atom stereocenters. The first-order valence-electron chi connectivity index (χ1n) is 10.6. The number of carbonyl (C=O) groups is 2. The van der Waals surface area contributed by atoms with Crippen molar-refractivity contribution < 1.29 is 14.0 Å². The van der Waals surface area contributed by atoms with Crippen molar-refractivity contribution in [2.24, 2.45) is 5.92 Å². The molecule has 1 aliphatic rings. The van der Waals surface area contributed by atoms with Crippen LogP contribution in [0.5, 0.6) is 0 Å². The van der Waals surface area contributed by atoms with E-state index in [1.807, 2.05) is 6.07 Å². The predicted molar refractivity (Wildman–Crippen MR) is 122 cm³/mol. The van der Waals surface area contributed by atoms with Gasteiger partial charge in [-0.15, -0.1) is 0 Å². The maximum absolute atomic E-state index is 13.6. The Bertz CT molecular complexity index is 1230. The first kappa shape index (κ1) is 22.1. The van der Waals surface area contributed by atoms with Crippen molar-refractivity contribution >= 4 is 23.2 Å². The van der Waals surface area contributed by atoms with E-state index in [0.29, 0.717) is 35.1 Å². The van der Waals surface area contributed by atoms with Gasteiger partial charge in [0.05, 0.1) is 35.2 Å². The molecule has 0 saturated heterocycles. The Morgan fingerprint density at radius 1 is 1.21 bits per heavy atom.